The number of hydrogen-bond donors (Lipinski definition) is 2. The van der Waals surface area contributed by atoms with Crippen LogP contribution in [0.3, 0.4) is 0 Å². The van der Waals surface area contributed by atoms with E-state index in [4.69, 9.17) is 0 Å². The molecule has 0 spiro atoms. The van der Waals surface area contributed by atoms with Gasteiger partial charge in [-0.3, -0.25) is 9.59 Å². The highest BCUT2D eigenvalue weighted by molar-refractivity contribution is 7.89. The number of aryl methyl sites for hydroxylation is 2. The van der Waals surface area contributed by atoms with Crippen LogP contribution in [0.15, 0.2) is 23.1 Å². The molecule has 2 amide bonds. The minimum atomic E-state index is -3.57. The number of rotatable bonds is 7. The maximum Gasteiger partial charge on any atom is 0.277 e. The van der Waals surface area contributed by atoms with Crippen LogP contribution in [0.25, 0.3) is 0 Å². The fraction of sp³-hybridized carbons (Fsp3) is 0.600. The highest BCUT2D eigenvalue weighted by Crippen LogP contribution is 2.22. The smallest absolute Gasteiger partial charge is 0.277 e. The third-order valence-electron chi connectivity index (χ3n) is 5.40. The zero-order chi connectivity index (χ0) is 21.2. The number of nitrogens with zero attached hydrogens (tertiary/aromatic N) is 2. The van der Waals surface area contributed by atoms with Crippen LogP contribution in [-0.4, -0.2) is 81.8 Å². The van der Waals surface area contributed by atoms with Gasteiger partial charge >= 0.3 is 0 Å². The van der Waals surface area contributed by atoms with Crippen LogP contribution in [0.2, 0.25) is 0 Å². The van der Waals surface area contributed by atoms with Crippen molar-refractivity contribution in [2.75, 3.05) is 46.3 Å². The van der Waals surface area contributed by atoms with Gasteiger partial charge in [0.25, 0.3) is 11.8 Å². The fourth-order valence-corrected chi connectivity index (χ4v) is 5.25. The molecular formula is C20H31N4O4S+. The Morgan fingerprint density at radius 1 is 1.10 bits per heavy atom. The Balaban J connectivity index is 1.51. The first-order chi connectivity index (χ1) is 13.7. The average Bonchev–Trinajstić information content (AvgIpc) is 3.45. The van der Waals surface area contributed by atoms with Crippen molar-refractivity contribution in [2.24, 2.45) is 0 Å². The summed E-state index contributed by atoms with van der Waals surface area (Å²) in [6, 6.07) is 5.64. The van der Waals surface area contributed by atoms with Crippen LogP contribution in [0.4, 0.5) is 0 Å². The van der Waals surface area contributed by atoms with Gasteiger partial charge in [0, 0.05) is 32.2 Å². The van der Waals surface area contributed by atoms with Crippen molar-refractivity contribution >= 4 is 21.8 Å². The molecule has 2 aliphatic rings. The lowest BCUT2D eigenvalue weighted by molar-refractivity contribution is -0.863. The Morgan fingerprint density at radius 2 is 1.76 bits per heavy atom. The molecule has 0 aromatic heterocycles. The van der Waals surface area contributed by atoms with E-state index in [-0.39, 0.29) is 38.0 Å². The molecule has 8 nitrogen and oxygen atoms in total. The van der Waals surface area contributed by atoms with Gasteiger partial charge in [-0.1, -0.05) is 17.7 Å². The number of sulfonamides is 1. The van der Waals surface area contributed by atoms with Crippen molar-refractivity contribution < 1.29 is 22.9 Å². The number of nitrogens with one attached hydrogen (secondary N) is 2. The first-order valence-corrected chi connectivity index (χ1v) is 11.6. The summed E-state index contributed by atoms with van der Waals surface area (Å²) in [5.74, 6) is -0.0764. The van der Waals surface area contributed by atoms with E-state index < -0.39 is 10.0 Å². The van der Waals surface area contributed by atoms with E-state index >= 15 is 0 Å². The number of amides is 2. The molecule has 160 valence electrons. The molecule has 1 aromatic carbocycles. The lowest BCUT2D eigenvalue weighted by atomic mass is 10.2. The molecule has 1 heterocycles. The van der Waals surface area contributed by atoms with Crippen molar-refractivity contribution in [3.8, 4) is 0 Å². The zero-order valence-corrected chi connectivity index (χ0v) is 18.2. The van der Waals surface area contributed by atoms with Crippen LogP contribution in [0, 0.1) is 13.8 Å². The number of likely N-dealkylation sites (N-methyl/N-ethyl adjacent to an activating group) is 1. The van der Waals surface area contributed by atoms with Crippen molar-refractivity contribution in [3.63, 3.8) is 0 Å². The van der Waals surface area contributed by atoms with Crippen LogP contribution in [0.1, 0.15) is 24.0 Å². The molecule has 3 rings (SSSR count). The summed E-state index contributed by atoms with van der Waals surface area (Å²) in [4.78, 5) is 27.3. The number of quaternary nitrogens is 1. The third-order valence-corrected chi connectivity index (χ3v) is 7.46. The van der Waals surface area contributed by atoms with Crippen LogP contribution in [0.5, 0.6) is 0 Å². The Bertz CT molecular complexity index is 874. The number of benzene rings is 1. The SMILES string of the molecule is Cc1ccc(S(=O)(=O)N2CCN(C(=O)C[NH+](C)CC(=O)NC3CC3)CC2)c(C)c1. The molecule has 1 atom stereocenters. The van der Waals surface area contributed by atoms with Gasteiger partial charge in [0.15, 0.2) is 13.1 Å². The molecule has 1 aliphatic heterocycles. The molecule has 2 N–H and O–H groups in total. The van der Waals surface area contributed by atoms with Gasteiger partial charge < -0.3 is 15.1 Å². The number of piperazine rings is 1. The fourth-order valence-electron chi connectivity index (χ4n) is 3.62. The van der Waals surface area contributed by atoms with E-state index in [9.17, 15) is 18.0 Å². The predicted molar refractivity (Wildman–Crippen MR) is 109 cm³/mol. The van der Waals surface area contributed by atoms with Gasteiger partial charge in [0.2, 0.25) is 10.0 Å². The van der Waals surface area contributed by atoms with Crippen molar-refractivity contribution in [1.82, 2.24) is 14.5 Å². The molecule has 1 unspecified atom stereocenters. The second-order valence-corrected chi connectivity index (χ2v) is 10.1. The van der Waals surface area contributed by atoms with Crippen LogP contribution < -0.4 is 10.2 Å². The topological polar surface area (TPSA) is 91.2 Å². The van der Waals surface area contributed by atoms with Gasteiger partial charge in [0.05, 0.1) is 11.9 Å². The highest BCUT2D eigenvalue weighted by Gasteiger charge is 2.32. The molecule has 9 heteroatoms. The monoisotopic (exact) mass is 423 g/mol. The van der Waals surface area contributed by atoms with E-state index in [1.54, 1.807) is 24.0 Å². The normalized spacial score (nSPS) is 19.1. The molecule has 2 fully saturated rings. The molecule has 1 saturated carbocycles. The number of carbonyl (C=O) groups excluding carboxylic acids is 2. The maximum atomic E-state index is 13.0. The predicted octanol–water partition coefficient (Wildman–Crippen LogP) is -1.07. The van der Waals surface area contributed by atoms with Gasteiger partial charge in [-0.05, 0) is 38.3 Å². The summed E-state index contributed by atoms with van der Waals surface area (Å²) in [7, 11) is -1.74. The van der Waals surface area contributed by atoms with Crippen LogP contribution in [-0.2, 0) is 19.6 Å². The van der Waals surface area contributed by atoms with E-state index in [1.807, 2.05) is 20.0 Å². The van der Waals surface area contributed by atoms with Crippen LogP contribution >= 0.6 is 0 Å². The summed E-state index contributed by atoms with van der Waals surface area (Å²) in [5, 5.41) is 2.93. The lowest BCUT2D eigenvalue weighted by Crippen LogP contribution is -3.11. The van der Waals surface area contributed by atoms with Gasteiger partial charge in [-0.25, -0.2) is 8.42 Å². The van der Waals surface area contributed by atoms with Gasteiger partial charge in [-0.2, -0.15) is 4.31 Å². The van der Waals surface area contributed by atoms with Gasteiger partial charge in [0.1, 0.15) is 0 Å². The first kappa shape index (κ1) is 21.7. The first-order valence-electron chi connectivity index (χ1n) is 10.1. The molecule has 1 aliphatic carbocycles. The van der Waals surface area contributed by atoms with Crippen molar-refractivity contribution in [3.05, 3.63) is 29.3 Å². The van der Waals surface area contributed by atoms with E-state index in [0.717, 1.165) is 28.9 Å². The lowest BCUT2D eigenvalue weighted by Gasteiger charge is -2.34. The molecule has 1 aromatic rings. The maximum absolute atomic E-state index is 13.0. The quantitative estimate of drug-likeness (QED) is 0.584. The molecule has 1 saturated heterocycles. The molecule has 29 heavy (non-hydrogen) atoms. The Kier molecular flexibility index (Phi) is 6.60. The molecule has 0 radical (unpaired) electrons. The largest absolute Gasteiger partial charge is 0.348 e. The van der Waals surface area contributed by atoms with E-state index in [2.05, 4.69) is 5.32 Å². The summed E-state index contributed by atoms with van der Waals surface area (Å²) in [6.07, 6.45) is 2.08. The minimum Gasteiger partial charge on any atom is -0.348 e. The minimum absolute atomic E-state index is 0.0258. The van der Waals surface area contributed by atoms with E-state index in [0.29, 0.717) is 24.0 Å². The summed E-state index contributed by atoms with van der Waals surface area (Å²) in [5.41, 5.74) is 1.76. The molecular weight excluding hydrogens is 392 g/mol. The Hall–Kier alpha value is -1.97. The average molecular weight is 424 g/mol. The number of carbonyl (C=O) groups is 2. The van der Waals surface area contributed by atoms with Crippen molar-refractivity contribution in [2.45, 2.75) is 37.6 Å². The van der Waals surface area contributed by atoms with Gasteiger partial charge in [-0.15, -0.1) is 0 Å². The second-order valence-electron chi connectivity index (χ2n) is 8.21. The standard InChI is InChI=1S/C20H30N4O4S/c1-15-4-7-18(16(2)12-15)29(27,28)24-10-8-23(9-11-24)20(26)14-22(3)13-19(25)21-17-5-6-17/h4,7,12,17H,5-6,8-11,13-14H2,1-3H3,(H,21,25)/p+1. The zero-order valence-electron chi connectivity index (χ0n) is 17.4. The summed E-state index contributed by atoms with van der Waals surface area (Å²) in [6.45, 7) is 5.52. The highest BCUT2D eigenvalue weighted by atomic mass is 32.2. The Morgan fingerprint density at radius 3 is 2.34 bits per heavy atom. The summed E-state index contributed by atoms with van der Waals surface area (Å²) < 4.78 is 27.4. The summed E-state index contributed by atoms with van der Waals surface area (Å²) >= 11 is 0. The molecule has 0 bridgehead atoms. The second kappa shape index (κ2) is 8.81. The third kappa shape index (κ3) is 5.55. The number of hydrogen-bond acceptors (Lipinski definition) is 4. The van der Waals surface area contributed by atoms with E-state index in [1.165, 1.54) is 4.31 Å². The Labute approximate surface area is 172 Å². The van der Waals surface area contributed by atoms with Crippen molar-refractivity contribution in [1.29, 1.82) is 0 Å².